The van der Waals surface area contributed by atoms with Gasteiger partial charge in [0.05, 0.1) is 5.69 Å². The van der Waals surface area contributed by atoms with Crippen molar-refractivity contribution in [1.82, 2.24) is 9.97 Å². The SMILES string of the molecule is COCc1nc2c([nH]1)CC=CC/C=C\2. The third-order valence-corrected chi connectivity index (χ3v) is 2.18. The maximum Gasteiger partial charge on any atom is 0.133 e. The molecule has 1 aromatic rings. The van der Waals surface area contributed by atoms with Crippen LogP contribution in [0.5, 0.6) is 0 Å². The maximum absolute atomic E-state index is 5.03. The van der Waals surface area contributed by atoms with Crippen molar-refractivity contribution in [2.24, 2.45) is 0 Å². The first-order valence-electron chi connectivity index (χ1n) is 4.78. The second-order valence-electron chi connectivity index (χ2n) is 3.29. The van der Waals surface area contributed by atoms with Gasteiger partial charge in [0.2, 0.25) is 0 Å². The number of ether oxygens (including phenoxy) is 1. The number of H-pyrrole nitrogens is 1. The first-order valence-corrected chi connectivity index (χ1v) is 4.78. The zero-order valence-electron chi connectivity index (χ0n) is 8.29. The van der Waals surface area contributed by atoms with Crippen molar-refractivity contribution < 1.29 is 4.74 Å². The fourth-order valence-electron chi connectivity index (χ4n) is 1.53. The van der Waals surface area contributed by atoms with Crippen LogP contribution in [0.15, 0.2) is 18.2 Å². The molecule has 14 heavy (non-hydrogen) atoms. The molecule has 0 amide bonds. The number of imidazole rings is 1. The standard InChI is InChI=1S/C11H14N2O/c1-14-8-11-12-9-6-4-2-3-5-7-10(9)13-11/h2,4-5,7H,3,6,8H2,1H3,(H,12,13)/b4-2?,7-5-. The molecule has 1 heterocycles. The Morgan fingerprint density at radius 1 is 1.43 bits per heavy atom. The van der Waals surface area contributed by atoms with E-state index in [9.17, 15) is 0 Å². The van der Waals surface area contributed by atoms with Gasteiger partial charge in [0.25, 0.3) is 0 Å². The van der Waals surface area contributed by atoms with E-state index in [0.29, 0.717) is 6.61 Å². The van der Waals surface area contributed by atoms with Gasteiger partial charge in [-0.05, 0) is 12.5 Å². The number of rotatable bonds is 2. The van der Waals surface area contributed by atoms with E-state index in [2.05, 4.69) is 34.3 Å². The maximum atomic E-state index is 5.03. The number of aromatic nitrogens is 2. The average molecular weight is 190 g/mol. The summed E-state index contributed by atoms with van der Waals surface area (Å²) >= 11 is 0. The lowest BCUT2D eigenvalue weighted by Gasteiger charge is -1.96. The van der Waals surface area contributed by atoms with Gasteiger partial charge >= 0.3 is 0 Å². The summed E-state index contributed by atoms with van der Waals surface area (Å²) in [7, 11) is 1.68. The van der Waals surface area contributed by atoms with Crippen LogP contribution in [0, 0.1) is 0 Å². The molecule has 1 aliphatic rings. The quantitative estimate of drug-likeness (QED) is 0.725. The summed E-state index contributed by atoms with van der Waals surface area (Å²) in [4.78, 5) is 7.70. The van der Waals surface area contributed by atoms with E-state index in [0.717, 1.165) is 24.4 Å². The number of nitrogens with one attached hydrogen (secondary N) is 1. The average Bonchev–Trinajstić information content (AvgIpc) is 2.48. The van der Waals surface area contributed by atoms with E-state index in [1.165, 1.54) is 5.69 Å². The van der Waals surface area contributed by atoms with Crippen LogP contribution in [0.3, 0.4) is 0 Å². The van der Waals surface area contributed by atoms with Crippen molar-refractivity contribution >= 4 is 6.08 Å². The minimum absolute atomic E-state index is 0.546. The molecular formula is C11H14N2O. The molecule has 2 rings (SSSR count). The van der Waals surface area contributed by atoms with Crippen LogP contribution in [0.1, 0.15) is 23.6 Å². The van der Waals surface area contributed by atoms with E-state index < -0.39 is 0 Å². The Bertz CT molecular complexity index is 363. The third-order valence-electron chi connectivity index (χ3n) is 2.18. The lowest BCUT2D eigenvalue weighted by Crippen LogP contribution is -1.90. The van der Waals surface area contributed by atoms with Gasteiger partial charge in [0.1, 0.15) is 12.4 Å². The molecule has 0 fully saturated rings. The molecule has 74 valence electrons. The van der Waals surface area contributed by atoms with Crippen molar-refractivity contribution in [1.29, 1.82) is 0 Å². The van der Waals surface area contributed by atoms with Gasteiger partial charge in [-0.25, -0.2) is 4.98 Å². The highest BCUT2D eigenvalue weighted by Crippen LogP contribution is 2.13. The summed E-state index contributed by atoms with van der Waals surface area (Å²) in [6, 6.07) is 0. The molecule has 0 atom stereocenters. The summed E-state index contributed by atoms with van der Waals surface area (Å²) in [5.74, 6) is 0.900. The van der Waals surface area contributed by atoms with Gasteiger partial charge in [-0.3, -0.25) is 0 Å². The zero-order chi connectivity index (χ0) is 9.80. The Labute approximate surface area is 83.5 Å². The van der Waals surface area contributed by atoms with Gasteiger partial charge < -0.3 is 9.72 Å². The number of fused-ring (bicyclic) bond motifs is 1. The van der Waals surface area contributed by atoms with Crippen LogP contribution in [0.2, 0.25) is 0 Å². The first kappa shape index (κ1) is 9.21. The number of aromatic amines is 1. The Morgan fingerprint density at radius 3 is 3.21 bits per heavy atom. The smallest absolute Gasteiger partial charge is 0.133 e. The molecule has 3 nitrogen and oxygen atoms in total. The molecule has 1 aromatic heterocycles. The summed E-state index contributed by atoms with van der Waals surface area (Å²) in [6.45, 7) is 0.546. The van der Waals surface area contributed by atoms with Crippen LogP contribution in [0.25, 0.3) is 6.08 Å². The number of nitrogens with zero attached hydrogens (tertiary/aromatic N) is 1. The van der Waals surface area contributed by atoms with Crippen LogP contribution >= 0.6 is 0 Å². The normalized spacial score (nSPS) is 17.2. The number of allylic oxidation sites excluding steroid dienone is 3. The van der Waals surface area contributed by atoms with E-state index in [1.54, 1.807) is 7.11 Å². The molecule has 1 N–H and O–H groups in total. The zero-order valence-corrected chi connectivity index (χ0v) is 8.29. The topological polar surface area (TPSA) is 37.9 Å². The lowest BCUT2D eigenvalue weighted by molar-refractivity contribution is 0.178. The Morgan fingerprint density at radius 2 is 2.36 bits per heavy atom. The Hall–Kier alpha value is -1.35. The van der Waals surface area contributed by atoms with Gasteiger partial charge in [-0.2, -0.15) is 0 Å². The van der Waals surface area contributed by atoms with Crippen LogP contribution in [0.4, 0.5) is 0 Å². The van der Waals surface area contributed by atoms with Gasteiger partial charge in [0.15, 0.2) is 0 Å². The first-order chi connectivity index (χ1) is 6.90. The van der Waals surface area contributed by atoms with Crippen LogP contribution in [-0.4, -0.2) is 17.1 Å². The number of hydrogen-bond acceptors (Lipinski definition) is 2. The van der Waals surface area contributed by atoms with Crippen molar-refractivity contribution in [3.63, 3.8) is 0 Å². The molecule has 0 aromatic carbocycles. The van der Waals surface area contributed by atoms with Gasteiger partial charge in [0, 0.05) is 19.2 Å². The van der Waals surface area contributed by atoms with Crippen molar-refractivity contribution in [2.75, 3.05) is 7.11 Å². The minimum atomic E-state index is 0.546. The highest BCUT2D eigenvalue weighted by molar-refractivity contribution is 5.49. The van der Waals surface area contributed by atoms with E-state index in [-0.39, 0.29) is 0 Å². The molecule has 0 spiro atoms. The molecule has 0 unspecified atom stereocenters. The molecule has 1 aliphatic carbocycles. The molecule has 0 saturated heterocycles. The monoisotopic (exact) mass is 190 g/mol. The molecule has 0 saturated carbocycles. The number of hydrogen-bond donors (Lipinski definition) is 1. The summed E-state index contributed by atoms with van der Waals surface area (Å²) in [6.07, 6.45) is 10.4. The van der Waals surface area contributed by atoms with Crippen molar-refractivity contribution in [2.45, 2.75) is 19.4 Å². The Balaban J connectivity index is 2.28. The predicted octanol–water partition coefficient (Wildman–Crippen LogP) is 2.07. The van der Waals surface area contributed by atoms with Crippen molar-refractivity contribution in [3.8, 4) is 0 Å². The fraction of sp³-hybridized carbons (Fsp3) is 0.364. The second-order valence-corrected chi connectivity index (χ2v) is 3.29. The van der Waals surface area contributed by atoms with E-state index >= 15 is 0 Å². The van der Waals surface area contributed by atoms with E-state index in [1.807, 2.05) is 0 Å². The predicted molar refractivity (Wildman–Crippen MR) is 55.8 cm³/mol. The number of methoxy groups -OCH3 is 1. The highest BCUT2D eigenvalue weighted by Gasteiger charge is 2.06. The third kappa shape index (κ3) is 1.93. The summed E-state index contributed by atoms with van der Waals surface area (Å²) in [5, 5.41) is 0. The summed E-state index contributed by atoms with van der Waals surface area (Å²) < 4.78 is 5.03. The molecular weight excluding hydrogens is 176 g/mol. The second kappa shape index (κ2) is 4.24. The Kier molecular flexibility index (Phi) is 2.79. The molecule has 3 heteroatoms. The minimum Gasteiger partial charge on any atom is -0.377 e. The van der Waals surface area contributed by atoms with E-state index in [4.69, 9.17) is 4.74 Å². The van der Waals surface area contributed by atoms with Gasteiger partial charge in [-0.15, -0.1) is 0 Å². The van der Waals surface area contributed by atoms with Crippen LogP contribution < -0.4 is 0 Å². The fourth-order valence-corrected chi connectivity index (χ4v) is 1.53. The largest absolute Gasteiger partial charge is 0.377 e. The van der Waals surface area contributed by atoms with Crippen LogP contribution in [-0.2, 0) is 17.8 Å². The van der Waals surface area contributed by atoms with Gasteiger partial charge in [-0.1, -0.05) is 18.2 Å². The van der Waals surface area contributed by atoms with Crippen molar-refractivity contribution in [3.05, 3.63) is 35.4 Å². The molecule has 0 aliphatic heterocycles. The summed E-state index contributed by atoms with van der Waals surface area (Å²) in [5.41, 5.74) is 2.21. The highest BCUT2D eigenvalue weighted by atomic mass is 16.5. The molecule has 0 radical (unpaired) electrons. The lowest BCUT2D eigenvalue weighted by atomic mass is 10.1. The molecule has 0 bridgehead atoms.